The first kappa shape index (κ1) is 15.6. The van der Waals surface area contributed by atoms with Crippen molar-refractivity contribution in [3.05, 3.63) is 29.8 Å². The number of hydrogen-bond acceptors (Lipinski definition) is 2. The van der Waals surface area contributed by atoms with Crippen molar-refractivity contribution in [1.29, 1.82) is 0 Å². The second kappa shape index (κ2) is 5.54. The molecule has 0 spiro atoms. The summed E-state index contributed by atoms with van der Waals surface area (Å²) >= 11 is 5.70. The molecular weight excluding hydrogens is 315 g/mol. The lowest BCUT2D eigenvalue weighted by Gasteiger charge is -2.24. The molecule has 0 aliphatic carbocycles. The quantitative estimate of drug-likeness (QED) is 0.800. The first-order valence-corrected chi connectivity index (χ1v) is 8.00. The number of nitrogens with zero attached hydrogens (tertiary/aromatic N) is 1. The average Bonchev–Trinajstić information content (AvgIpc) is 2.86. The minimum absolute atomic E-state index is 0.0768. The Bertz CT molecular complexity index is 589. The molecule has 0 amide bonds. The van der Waals surface area contributed by atoms with Crippen LogP contribution in [-0.4, -0.2) is 31.2 Å². The molecule has 1 aliphatic rings. The lowest BCUT2D eigenvalue weighted by atomic mass is 10.2. The van der Waals surface area contributed by atoms with Crippen LogP contribution in [0.1, 0.15) is 18.4 Å². The van der Waals surface area contributed by atoms with Crippen molar-refractivity contribution in [2.24, 2.45) is 0 Å². The van der Waals surface area contributed by atoms with Gasteiger partial charge in [-0.05, 0) is 25.0 Å². The van der Waals surface area contributed by atoms with Crippen molar-refractivity contribution in [3.63, 3.8) is 0 Å². The maximum atomic E-state index is 12.9. The summed E-state index contributed by atoms with van der Waals surface area (Å²) in [6.45, 7) is 0.200. The molecule has 0 saturated carbocycles. The Balaban J connectivity index is 2.50. The largest absolute Gasteiger partial charge is 0.417 e. The van der Waals surface area contributed by atoms with E-state index in [-0.39, 0.29) is 12.4 Å². The lowest BCUT2D eigenvalue weighted by molar-refractivity contribution is -0.139. The molecule has 3 nitrogen and oxygen atoms in total. The second-order valence-corrected chi connectivity index (χ2v) is 6.73. The smallest absolute Gasteiger partial charge is 0.207 e. The molecule has 1 atom stereocenters. The molecule has 0 bridgehead atoms. The van der Waals surface area contributed by atoms with Crippen molar-refractivity contribution in [2.75, 3.05) is 12.4 Å². The van der Waals surface area contributed by atoms with Gasteiger partial charge in [0.15, 0.2) is 0 Å². The molecule has 0 N–H and O–H groups in total. The second-order valence-electron chi connectivity index (χ2n) is 4.56. The molecule has 1 aliphatic heterocycles. The van der Waals surface area contributed by atoms with E-state index in [0.717, 1.165) is 16.4 Å². The summed E-state index contributed by atoms with van der Waals surface area (Å²) in [4.78, 5) is -0.704. The fraction of sp³-hybridized carbons (Fsp3) is 0.500. The summed E-state index contributed by atoms with van der Waals surface area (Å²) in [5.41, 5.74) is -1.14. The Morgan fingerprint density at radius 3 is 2.55 bits per heavy atom. The molecule has 8 heteroatoms. The van der Waals surface area contributed by atoms with Crippen molar-refractivity contribution in [3.8, 4) is 0 Å². The summed E-state index contributed by atoms with van der Waals surface area (Å²) in [5.74, 6) is 0.0768. The number of rotatable bonds is 3. The molecule has 1 heterocycles. The summed E-state index contributed by atoms with van der Waals surface area (Å²) < 4.78 is 64.8. The molecule has 0 radical (unpaired) electrons. The standard InChI is InChI=1S/C12H13ClF3NO2S/c13-8-9-4-3-7-17(9)20(18,19)11-6-2-1-5-10(11)12(14,15)16/h1-2,5-6,9H,3-4,7-8H2. The maximum absolute atomic E-state index is 12.9. The molecule has 1 aromatic carbocycles. The van der Waals surface area contributed by atoms with E-state index in [4.69, 9.17) is 11.6 Å². The van der Waals surface area contributed by atoms with Crippen molar-refractivity contribution >= 4 is 21.6 Å². The van der Waals surface area contributed by atoms with Gasteiger partial charge in [-0.15, -0.1) is 11.6 Å². The molecule has 112 valence electrons. The van der Waals surface area contributed by atoms with Gasteiger partial charge in [0.1, 0.15) is 0 Å². The van der Waals surface area contributed by atoms with Crippen LogP contribution in [-0.2, 0) is 16.2 Å². The normalized spacial score (nSPS) is 21.3. The van der Waals surface area contributed by atoms with Crippen molar-refractivity contribution in [1.82, 2.24) is 4.31 Å². The topological polar surface area (TPSA) is 37.4 Å². The molecule has 1 aromatic rings. The Hall–Kier alpha value is -0.790. The Labute approximate surface area is 120 Å². The maximum Gasteiger partial charge on any atom is 0.417 e. The van der Waals surface area contributed by atoms with Crippen LogP contribution in [0.2, 0.25) is 0 Å². The van der Waals surface area contributed by atoms with E-state index < -0.39 is 32.7 Å². The van der Waals surface area contributed by atoms with Gasteiger partial charge in [-0.2, -0.15) is 17.5 Å². The molecule has 2 rings (SSSR count). The Morgan fingerprint density at radius 2 is 1.95 bits per heavy atom. The number of benzene rings is 1. The summed E-state index contributed by atoms with van der Waals surface area (Å²) in [7, 11) is -4.18. The number of hydrogen-bond donors (Lipinski definition) is 0. The van der Waals surface area contributed by atoms with Crippen LogP contribution < -0.4 is 0 Å². The fourth-order valence-corrected chi connectivity index (χ4v) is 4.64. The van der Waals surface area contributed by atoms with Crippen LogP contribution >= 0.6 is 11.6 Å². The Kier molecular flexibility index (Phi) is 4.32. The van der Waals surface area contributed by atoms with E-state index in [9.17, 15) is 21.6 Å². The van der Waals surface area contributed by atoms with Crippen LogP contribution in [0.15, 0.2) is 29.2 Å². The van der Waals surface area contributed by atoms with Gasteiger partial charge in [-0.3, -0.25) is 0 Å². The molecule has 1 saturated heterocycles. The minimum atomic E-state index is -4.71. The van der Waals surface area contributed by atoms with E-state index >= 15 is 0 Å². The highest BCUT2D eigenvalue weighted by molar-refractivity contribution is 7.89. The zero-order chi connectivity index (χ0) is 15.0. The van der Waals surface area contributed by atoms with Gasteiger partial charge in [-0.1, -0.05) is 12.1 Å². The van der Waals surface area contributed by atoms with E-state index in [2.05, 4.69) is 0 Å². The Morgan fingerprint density at radius 1 is 1.30 bits per heavy atom. The van der Waals surface area contributed by atoms with E-state index in [1.165, 1.54) is 12.1 Å². The van der Waals surface area contributed by atoms with Crippen LogP contribution in [0.5, 0.6) is 0 Å². The molecule has 1 fully saturated rings. The summed E-state index contributed by atoms with van der Waals surface area (Å²) in [6, 6.07) is 3.78. The third-order valence-electron chi connectivity index (χ3n) is 3.28. The summed E-state index contributed by atoms with van der Waals surface area (Å²) in [5, 5.41) is 0. The lowest BCUT2D eigenvalue weighted by Crippen LogP contribution is -2.37. The highest BCUT2D eigenvalue weighted by atomic mass is 35.5. The highest BCUT2D eigenvalue weighted by Gasteiger charge is 2.41. The average molecular weight is 328 g/mol. The minimum Gasteiger partial charge on any atom is -0.207 e. The van der Waals surface area contributed by atoms with Crippen molar-refractivity contribution in [2.45, 2.75) is 30.0 Å². The first-order valence-electron chi connectivity index (χ1n) is 6.02. The molecule has 0 aromatic heterocycles. The predicted octanol–water partition coefficient (Wildman–Crippen LogP) is 3.10. The molecule has 1 unspecified atom stereocenters. The third-order valence-corrected chi connectivity index (χ3v) is 5.65. The van der Waals surface area contributed by atoms with Crippen molar-refractivity contribution < 1.29 is 21.6 Å². The SMILES string of the molecule is O=S(=O)(c1ccccc1C(F)(F)F)N1CCCC1CCl. The van der Waals surface area contributed by atoms with E-state index in [1.54, 1.807) is 0 Å². The number of sulfonamides is 1. The third kappa shape index (κ3) is 2.80. The molecular formula is C12H13ClF3NO2S. The van der Waals surface area contributed by atoms with Gasteiger partial charge in [0.2, 0.25) is 10.0 Å². The van der Waals surface area contributed by atoms with Gasteiger partial charge in [0, 0.05) is 18.5 Å². The predicted molar refractivity (Wildman–Crippen MR) is 69.1 cm³/mol. The zero-order valence-electron chi connectivity index (χ0n) is 10.4. The first-order chi connectivity index (χ1) is 9.28. The number of halogens is 4. The molecule has 20 heavy (non-hydrogen) atoms. The highest BCUT2D eigenvalue weighted by Crippen LogP contribution is 2.36. The van der Waals surface area contributed by atoms with Gasteiger partial charge in [0.05, 0.1) is 10.5 Å². The van der Waals surface area contributed by atoms with Crippen LogP contribution in [0.25, 0.3) is 0 Å². The van der Waals surface area contributed by atoms with Crippen LogP contribution in [0.4, 0.5) is 13.2 Å². The van der Waals surface area contributed by atoms with Crippen LogP contribution in [0, 0.1) is 0 Å². The monoisotopic (exact) mass is 327 g/mol. The van der Waals surface area contributed by atoms with Gasteiger partial charge in [-0.25, -0.2) is 8.42 Å². The van der Waals surface area contributed by atoms with E-state index in [1.807, 2.05) is 0 Å². The number of alkyl halides is 4. The summed E-state index contributed by atoms with van der Waals surface area (Å²) in [6.07, 6.45) is -3.54. The van der Waals surface area contributed by atoms with Gasteiger partial charge < -0.3 is 0 Å². The zero-order valence-corrected chi connectivity index (χ0v) is 12.0. The van der Waals surface area contributed by atoms with E-state index in [0.29, 0.717) is 12.8 Å². The fourth-order valence-electron chi connectivity index (χ4n) is 2.33. The van der Waals surface area contributed by atoms with Gasteiger partial charge >= 0.3 is 6.18 Å². The van der Waals surface area contributed by atoms with Crippen LogP contribution in [0.3, 0.4) is 0 Å². The van der Waals surface area contributed by atoms with Gasteiger partial charge in [0.25, 0.3) is 0 Å².